The summed E-state index contributed by atoms with van der Waals surface area (Å²) >= 11 is 0. The van der Waals surface area contributed by atoms with Crippen LogP contribution in [-0.2, 0) is 4.79 Å². The molecule has 0 unspecified atom stereocenters. The van der Waals surface area contributed by atoms with Crippen molar-refractivity contribution in [2.24, 2.45) is 0 Å². The lowest BCUT2D eigenvalue weighted by Gasteiger charge is -2.31. The number of hydrogen-bond acceptors (Lipinski definition) is 3. The molecule has 2 heterocycles. The maximum Gasteiger partial charge on any atom is 0.329 e. The van der Waals surface area contributed by atoms with Gasteiger partial charge in [-0.25, -0.2) is 9.69 Å². The van der Waals surface area contributed by atoms with Gasteiger partial charge < -0.3 is 10.6 Å². The van der Waals surface area contributed by atoms with E-state index in [1.807, 2.05) is 0 Å². The summed E-state index contributed by atoms with van der Waals surface area (Å²) in [6.45, 7) is 1.46. The standard InChI is InChI=1S/C15H15N3O2/c1-2-11-3-5-12(6-4-11)18-13(19)15(17-14(18)20)7-9-16-10-8-15/h1,3-6,16H,7-10H2,(H,17,20). The Morgan fingerprint density at radius 2 is 1.80 bits per heavy atom. The molecule has 3 amide bonds. The number of terminal acetylenes is 1. The number of carbonyl (C=O) groups excluding carboxylic acids is 2. The highest BCUT2D eigenvalue weighted by Crippen LogP contribution is 2.30. The lowest BCUT2D eigenvalue weighted by Crippen LogP contribution is -2.53. The minimum atomic E-state index is -0.743. The van der Waals surface area contributed by atoms with Crippen LogP contribution < -0.4 is 15.5 Å². The van der Waals surface area contributed by atoms with E-state index in [9.17, 15) is 9.59 Å². The molecule has 1 aromatic rings. The van der Waals surface area contributed by atoms with Crippen LogP contribution in [-0.4, -0.2) is 30.6 Å². The average Bonchev–Trinajstić information content (AvgIpc) is 2.71. The maximum atomic E-state index is 12.6. The van der Waals surface area contributed by atoms with Gasteiger partial charge in [-0.3, -0.25) is 4.79 Å². The Hall–Kier alpha value is -2.32. The molecule has 3 rings (SSSR count). The molecule has 2 fully saturated rings. The van der Waals surface area contributed by atoms with Crippen molar-refractivity contribution in [3.05, 3.63) is 29.8 Å². The number of imide groups is 1. The van der Waals surface area contributed by atoms with Crippen LogP contribution in [0.25, 0.3) is 0 Å². The zero-order valence-corrected chi connectivity index (χ0v) is 11.0. The first-order valence-electron chi connectivity index (χ1n) is 6.60. The second-order valence-electron chi connectivity index (χ2n) is 5.09. The minimum Gasteiger partial charge on any atom is -0.323 e. The molecule has 5 heteroatoms. The molecular formula is C15H15N3O2. The molecule has 0 aromatic heterocycles. The summed E-state index contributed by atoms with van der Waals surface area (Å²) in [7, 11) is 0. The number of rotatable bonds is 1. The summed E-state index contributed by atoms with van der Waals surface area (Å²) < 4.78 is 0. The fourth-order valence-electron chi connectivity index (χ4n) is 2.75. The van der Waals surface area contributed by atoms with Gasteiger partial charge in [0.2, 0.25) is 0 Å². The van der Waals surface area contributed by atoms with Gasteiger partial charge >= 0.3 is 6.03 Å². The summed E-state index contributed by atoms with van der Waals surface area (Å²) in [6, 6.07) is 6.50. The van der Waals surface area contributed by atoms with Crippen molar-refractivity contribution in [3.63, 3.8) is 0 Å². The highest BCUT2D eigenvalue weighted by atomic mass is 16.2. The first-order chi connectivity index (χ1) is 9.66. The van der Waals surface area contributed by atoms with Crippen LogP contribution in [0.5, 0.6) is 0 Å². The zero-order valence-electron chi connectivity index (χ0n) is 11.0. The van der Waals surface area contributed by atoms with Crippen molar-refractivity contribution < 1.29 is 9.59 Å². The Morgan fingerprint density at radius 1 is 1.15 bits per heavy atom. The molecule has 2 N–H and O–H groups in total. The molecular weight excluding hydrogens is 254 g/mol. The molecule has 2 aliphatic heterocycles. The van der Waals surface area contributed by atoms with E-state index in [0.29, 0.717) is 18.5 Å². The predicted octanol–water partition coefficient (Wildman–Crippen LogP) is 0.846. The topological polar surface area (TPSA) is 61.4 Å². The number of carbonyl (C=O) groups is 2. The molecule has 5 nitrogen and oxygen atoms in total. The van der Waals surface area contributed by atoms with E-state index >= 15 is 0 Å². The fraction of sp³-hybridized carbons (Fsp3) is 0.333. The van der Waals surface area contributed by atoms with Crippen LogP contribution in [0.2, 0.25) is 0 Å². The van der Waals surface area contributed by atoms with Gasteiger partial charge in [0.25, 0.3) is 5.91 Å². The normalized spacial score (nSPS) is 20.9. The van der Waals surface area contributed by atoms with Gasteiger partial charge in [0.05, 0.1) is 5.69 Å². The third-order valence-electron chi connectivity index (χ3n) is 3.91. The Kier molecular flexibility index (Phi) is 2.96. The van der Waals surface area contributed by atoms with E-state index in [1.165, 1.54) is 4.90 Å². The number of anilines is 1. The van der Waals surface area contributed by atoms with E-state index in [4.69, 9.17) is 6.42 Å². The van der Waals surface area contributed by atoms with Crippen LogP contribution in [0, 0.1) is 12.3 Å². The van der Waals surface area contributed by atoms with Crippen molar-refractivity contribution in [2.75, 3.05) is 18.0 Å². The zero-order chi connectivity index (χ0) is 14.2. The van der Waals surface area contributed by atoms with Crippen molar-refractivity contribution in [1.29, 1.82) is 0 Å². The summed E-state index contributed by atoms with van der Waals surface area (Å²) in [5.74, 6) is 2.34. The molecule has 102 valence electrons. The summed E-state index contributed by atoms with van der Waals surface area (Å²) in [4.78, 5) is 26.0. The van der Waals surface area contributed by atoms with E-state index in [1.54, 1.807) is 24.3 Å². The summed E-state index contributed by atoms with van der Waals surface area (Å²) in [5.41, 5.74) is 0.534. The van der Waals surface area contributed by atoms with Crippen molar-refractivity contribution >= 4 is 17.6 Å². The number of hydrogen-bond donors (Lipinski definition) is 2. The Morgan fingerprint density at radius 3 is 2.40 bits per heavy atom. The molecule has 2 saturated heterocycles. The van der Waals surface area contributed by atoms with Gasteiger partial charge in [0.15, 0.2) is 0 Å². The van der Waals surface area contributed by atoms with E-state index < -0.39 is 5.54 Å². The minimum absolute atomic E-state index is 0.169. The molecule has 1 aromatic carbocycles. The molecule has 0 saturated carbocycles. The van der Waals surface area contributed by atoms with E-state index in [2.05, 4.69) is 16.6 Å². The van der Waals surface area contributed by atoms with Crippen molar-refractivity contribution in [3.8, 4) is 12.3 Å². The number of nitrogens with one attached hydrogen (secondary N) is 2. The van der Waals surface area contributed by atoms with Crippen molar-refractivity contribution in [1.82, 2.24) is 10.6 Å². The third-order valence-corrected chi connectivity index (χ3v) is 3.91. The second-order valence-corrected chi connectivity index (χ2v) is 5.09. The third kappa shape index (κ3) is 1.86. The largest absolute Gasteiger partial charge is 0.329 e. The molecule has 0 aliphatic carbocycles. The Balaban J connectivity index is 1.92. The molecule has 0 atom stereocenters. The number of benzene rings is 1. The average molecular weight is 269 g/mol. The Bertz CT molecular complexity index is 595. The molecule has 2 aliphatic rings. The lowest BCUT2D eigenvalue weighted by molar-refractivity contribution is -0.122. The smallest absolute Gasteiger partial charge is 0.323 e. The van der Waals surface area contributed by atoms with Gasteiger partial charge in [0, 0.05) is 5.56 Å². The highest BCUT2D eigenvalue weighted by Gasteiger charge is 2.51. The highest BCUT2D eigenvalue weighted by molar-refractivity contribution is 6.23. The van der Waals surface area contributed by atoms with Crippen LogP contribution in [0.15, 0.2) is 24.3 Å². The van der Waals surface area contributed by atoms with Crippen LogP contribution in [0.1, 0.15) is 18.4 Å². The summed E-state index contributed by atoms with van der Waals surface area (Å²) in [5, 5.41) is 6.05. The quantitative estimate of drug-likeness (QED) is 0.587. The fourth-order valence-corrected chi connectivity index (χ4v) is 2.75. The van der Waals surface area contributed by atoms with Gasteiger partial charge in [-0.2, -0.15) is 0 Å². The van der Waals surface area contributed by atoms with Gasteiger partial charge in [-0.1, -0.05) is 5.92 Å². The first kappa shape index (κ1) is 12.7. The van der Waals surface area contributed by atoms with Crippen LogP contribution in [0.3, 0.4) is 0 Å². The van der Waals surface area contributed by atoms with Crippen LogP contribution >= 0.6 is 0 Å². The lowest BCUT2D eigenvalue weighted by atomic mass is 9.88. The van der Waals surface area contributed by atoms with Gasteiger partial charge in [-0.15, -0.1) is 6.42 Å². The van der Waals surface area contributed by atoms with Crippen LogP contribution in [0.4, 0.5) is 10.5 Å². The van der Waals surface area contributed by atoms with Crippen molar-refractivity contribution in [2.45, 2.75) is 18.4 Å². The molecule has 0 radical (unpaired) electrons. The monoisotopic (exact) mass is 269 g/mol. The molecule has 1 spiro atoms. The number of amides is 3. The van der Waals surface area contributed by atoms with E-state index in [0.717, 1.165) is 18.7 Å². The van der Waals surface area contributed by atoms with Gasteiger partial charge in [-0.05, 0) is 50.2 Å². The number of urea groups is 1. The Labute approximate surface area is 117 Å². The molecule has 0 bridgehead atoms. The summed E-state index contributed by atoms with van der Waals surface area (Å²) in [6.07, 6.45) is 6.55. The predicted molar refractivity (Wildman–Crippen MR) is 75.2 cm³/mol. The number of nitrogens with zero attached hydrogens (tertiary/aromatic N) is 1. The number of piperidine rings is 1. The van der Waals surface area contributed by atoms with E-state index in [-0.39, 0.29) is 11.9 Å². The second kappa shape index (κ2) is 4.66. The molecule has 20 heavy (non-hydrogen) atoms. The SMILES string of the molecule is C#Cc1ccc(N2C(=O)NC3(CCNCC3)C2=O)cc1. The maximum absolute atomic E-state index is 12.6. The first-order valence-corrected chi connectivity index (χ1v) is 6.60. The van der Waals surface area contributed by atoms with Gasteiger partial charge in [0.1, 0.15) is 5.54 Å².